The van der Waals surface area contributed by atoms with E-state index >= 15 is 0 Å². The molecule has 1 N–H and O–H groups in total. The summed E-state index contributed by atoms with van der Waals surface area (Å²) in [5.74, 6) is 0.467. The average molecular weight is 341 g/mol. The lowest BCUT2D eigenvalue weighted by Crippen LogP contribution is -2.11. The number of anilines is 1. The van der Waals surface area contributed by atoms with E-state index in [2.05, 4.69) is 20.3 Å². The van der Waals surface area contributed by atoms with E-state index in [1.54, 1.807) is 37.6 Å². The van der Waals surface area contributed by atoms with E-state index in [1.165, 1.54) is 18.4 Å². The third-order valence-corrected chi connectivity index (χ3v) is 4.24. The van der Waals surface area contributed by atoms with Crippen LogP contribution in [0.4, 0.5) is 5.13 Å². The molecule has 0 aliphatic rings. The van der Waals surface area contributed by atoms with Gasteiger partial charge in [-0.05, 0) is 29.8 Å². The summed E-state index contributed by atoms with van der Waals surface area (Å²) in [6, 6.07) is 12.7. The summed E-state index contributed by atoms with van der Waals surface area (Å²) in [7, 11) is 3.08. The number of aromatic nitrogens is 1. The van der Waals surface area contributed by atoms with E-state index in [4.69, 9.17) is 4.74 Å². The molecule has 122 valence electrons. The van der Waals surface area contributed by atoms with Crippen molar-refractivity contribution in [3.63, 3.8) is 0 Å². The van der Waals surface area contributed by atoms with Gasteiger partial charge in [0.2, 0.25) is 0 Å². The lowest BCUT2D eigenvalue weighted by atomic mass is 10.1. The van der Waals surface area contributed by atoms with Crippen LogP contribution in [0.2, 0.25) is 0 Å². The average Bonchev–Trinajstić information content (AvgIpc) is 3.02. The van der Waals surface area contributed by atoms with Gasteiger partial charge in [0.25, 0.3) is 5.91 Å². The molecule has 1 heterocycles. The Kier molecular flexibility index (Phi) is 4.72. The summed E-state index contributed by atoms with van der Waals surface area (Å²) in [4.78, 5) is 21.4. The third kappa shape index (κ3) is 3.36. The number of rotatable bonds is 5. The number of oxime groups is 1. The molecule has 7 heteroatoms. The zero-order chi connectivity index (χ0) is 16.9. The molecule has 6 nitrogen and oxygen atoms in total. The number of fused-ring (bicyclic) bond motifs is 1. The van der Waals surface area contributed by atoms with Gasteiger partial charge in [0, 0.05) is 5.56 Å². The third-order valence-electron chi connectivity index (χ3n) is 3.30. The van der Waals surface area contributed by atoms with Gasteiger partial charge >= 0.3 is 0 Å². The van der Waals surface area contributed by atoms with Crippen LogP contribution in [0.5, 0.6) is 5.75 Å². The Morgan fingerprint density at radius 2 is 2.00 bits per heavy atom. The summed E-state index contributed by atoms with van der Waals surface area (Å²) in [6.45, 7) is 0. The molecule has 0 radical (unpaired) electrons. The minimum Gasteiger partial charge on any atom is -0.494 e. The van der Waals surface area contributed by atoms with Gasteiger partial charge in [0.15, 0.2) is 5.13 Å². The van der Waals surface area contributed by atoms with Crippen molar-refractivity contribution >= 4 is 38.8 Å². The van der Waals surface area contributed by atoms with Crippen LogP contribution in [0.3, 0.4) is 0 Å². The SMILES string of the molecule is CO/N=C/c1ccc(C(=O)Nc2nc3c(OC)cccc3s2)cc1. The van der Waals surface area contributed by atoms with Gasteiger partial charge in [-0.25, -0.2) is 4.98 Å². The van der Waals surface area contributed by atoms with Crippen LogP contribution in [-0.2, 0) is 4.84 Å². The Hall–Kier alpha value is -2.93. The minimum absolute atomic E-state index is 0.219. The predicted octanol–water partition coefficient (Wildman–Crippen LogP) is 3.54. The monoisotopic (exact) mass is 341 g/mol. The fraction of sp³-hybridized carbons (Fsp3) is 0.118. The number of nitrogens with zero attached hydrogens (tertiary/aromatic N) is 2. The lowest BCUT2D eigenvalue weighted by Gasteiger charge is -2.02. The second kappa shape index (κ2) is 7.10. The Morgan fingerprint density at radius 3 is 2.71 bits per heavy atom. The van der Waals surface area contributed by atoms with Gasteiger partial charge in [-0.3, -0.25) is 10.1 Å². The van der Waals surface area contributed by atoms with E-state index in [0.717, 1.165) is 15.8 Å². The first-order chi connectivity index (χ1) is 11.7. The van der Waals surface area contributed by atoms with Crippen molar-refractivity contribution in [1.29, 1.82) is 0 Å². The van der Waals surface area contributed by atoms with Crippen molar-refractivity contribution in [2.75, 3.05) is 19.5 Å². The molecule has 0 spiro atoms. The number of methoxy groups -OCH3 is 1. The first-order valence-corrected chi connectivity index (χ1v) is 7.94. The number of amides is 1. The zero-order valence-corrected chi connectivity index (χ0v) is 14.0. The molecule has 0 saturated heterocycles. The highest BCUT2D eigenvalue weighted by Gasteiger charge is 2.12. The molecule has 3 aromatic rings. The van der Waals surface area contributed by atoms with E-state index in [-0.39, 0.29) is 5.91 Å². The van der Waals surface area contributed by atoms with Gasteiger partial charge in [0.1, 0.15) is 18.4 Å². The van der Waals surface area contributed by atoms with E-state index < -0.39 is 0 Å². The number of thiazole rings is 1. The van der Waals surface area contributed by atoms with E-state index in [0.29, 0.717) is 16.4 Å². The van der Waals surface area contributed by atoms with Gasteiger partial charge in [-0.15, -0.1) is 0 Å². The van der Waals surface area contributed by atoms with E-state index in [9.17, 15) is 4.79 Å². The Bertz CT molecular complexity index is 888. The molecule has 0 aliphatic heterocycles. The molecular formula is C17H15N3O3S. The number of para-hydroxylation sites is 1. The van der Waals surface area contributed by atoms with Crippen LogP contribution < -0.4 is 10.1 Å². The van der Waals surface area contributed by atoms with Gasteiger partial charge in [-0.1, -0.05) is 34.7 Å². The Morgan fingerprint density at radius 1 is 1.21 bits per heavy atom. The molecule has 0 fully saturated rings. The van der Waals surface area contributed by atoms with Crippen molar-refractivity contribution < 1.29 is 14.4 Å². The molecule has 1 amide bonds. The number of hydrogen-bond acceptors (Lipinski definition) is 6. The summed E-state index contributed by atoms with van der Waals surface area (Å²) < 4.78 is 6.24. The quantitative estimate of drug-likeness (QED) is 0.569. The molecule has 0 atom stereocenters. The fourth-order valence-corrected chi connectivity index (χ4v) is 3.02. The first-order valence-electron chi connectivity index (χ1n) is 7.13. The van der Waals surface area contributed by atoms with Crippen LogP contribution >= 0.6 is 11.3 Å². The van der Waals surface area contributed by atoms with Gasteiger partial charge < -0.3 is 9.57 Å². The Labute approximate surface area is 142 Å². The molecule has 0 bridgehead atoms. The second-order valence-electron chi connectivity index (χ2n) is 4.82. The van der Waals surface area contributed by atoms with Crippen LogP contribution in [-0.4, -0.2) is 31.3 Å². The summed E-state index contributed by atoms with van der Waals surface area (Å²) in [5, 5.41) is 7.03. The topological polar surface area (TPSA) is 72.8 Å². The van der Waals surface area contributed by atoms with Crippen molar-refractivity contribution in [2.45, 2.75) is 0 Å². The highest BCUT2D eigenvalue weighted by molar-refractivity contribution is 7.22. The molecule has 3 rings (SSSR count). The molecular weight excluding hydrogens is 326 g/mol. The molecule has 0 saturated carbocycles. The van der Waals surface area contributed by atoms with Crippen molar-refractivity contribution in [2.24, 2.45) is 5.16 Å². The molecule has 24 heavy (non-hydrogen) atoms. The maximum Gasteiger partial charge on any atom is 0.257 e. The van der Waals surface area contributed by atoms with Crippen LogP contribution in [0.25, 0.3) is 10.2 Å². The molecule has 0 aliphatic carbocycles. The maximum absolute atomic E-state index is 12.3. The molecule has 0 unspecified atom stereocenters. The fourth-order valence-electron chi connectivity index (χ4n) is 2.14. The maximum atomic E-state index is 12.3. The highest BCUT2D eigenvalue weighted by atomic mass is 32.1. The zero-order valence-electron chi connectivity index (χ0n) is 13.1. The number of hydrogen-bond donors (Lipinski definition) is 1. The lowest BCUT2D eigenvalue weighted by molar-refractivity contribution is 0.102. The highest BCUT2D eigenvalue weighted by Crippen LogP contribution is 2.32. The van der Waals surface area contributed by atoms with Crippen LogP contribution in [0, 0.1) is 0 Å². The number of ether oxygens (including phenoxy) is 1. The predicted molar refractivity (Wildman–Crippen MR) is 95.2 cm³/mol. The smallest absolute Gasteiger partial charge is 0.257 e. The number of nitrogens with one attached hydrogen (secondary N) is 1. The van der Waals surface area contributed by atoms with Crippen LogP contribution in [0.1, 0.15) is 15.9 Å². The largest absolute Gasteiger partial charge is 0.494 e. The molecule has 2 aromatic carbocycles. The standard InChI is InChI=1S/C17H15N3O3S/c1-22-13-4-3-5-14-15(13)19-17(24-14)20-16(21)12-8-6-11(7-9-12)10-18-23-2/h3-10H,1-2H3,(H,19,20,21)/b18-10+. The Balaban J connectivity index is 1.78. The van der Waals surface area contributed by atoms with Crippen molar-refractivity contribution in [1.82, 2.24) is 4.98 Å². The van der Waals surface area contributed by atoms with Gasteiger partial charge in [-0.2, -0.15) is 0 Å². The second-order valence-corrected chi connectivity index (χ2v) is 5.85. The number of carbonyl (C=O) groups excluding carboxylic acids is 1. The summed E-state index contributed by atoms with van der Waals surface area (Å²) in [5.41, 5.74) is 2.13. The summed E-state index contributed by atoms with van der Waals surface area (Å²) >= 11 is 1.40. The minimum atomic E-state index is -0.219. The normalized spacial score (nSPS) is 10.9. The number of carbonyl (C=O) groups is 1. The van der Waals surface area contributed by atoms with E-state index in [1.807, 2.05) is 18.2 Å². The van der Waals surface area contributed by atoms with Crippen LogP contribution in [0.15, 0.2) is 47.6 Å². The van der Waals surface area contributed by atoms with Crippen molar-refractivity contribution in [3.8, 4) is 5.75 Å². The number of benzene rings is 2. The summed E-state index contributed by atoms with van der Waals surface area (Å²) in [6.07, 6.45) is 1.57. The molecule has 1 aromatic heterocycles. The van der Waals surface area contributed by atoms with Crippen molar-refractivity contribution in [3.05, 3.63) is 53.6 Å². The van der Waals surface area contributed by atoms with Gasteiger partial charge in [0.05, 0.1) is 18.0 Å². The first kappa shape index (κ1) is 15.9.